The van der Waals surface area contributed by atoms with Crippen LogP contribution in [0.5, 0.6) is 0 Å². The molecule has 0 aliphatic heterocycles. The number of hydrogen-bond donors (Lipinski definition) is 6. The van der Waals surface area contributed by atoms with Crippen LogP contribution in [0.3, 0.4) is 0 Å². The van der Waals surface area contributed by atoms with Gasteiger partial charge in [0.05, 0.1) is 13.2 Å². The van der Waals surface area contributed by atoms with Crippen LogP contribution < -0.4 is 0 Å². The lowest BCUT2D eigenvalue weighted by molar-refractivity contribution is -0.220. The van der Waals surface area contributed by atoms with Gasteiger partial charge in [-0.25, -0.2) is 4.57 Å². The Morgan fingerprint density at radius 2 is 0.653 bits per heavy atom. The van der Waals surface area contributed by atoms with E-state index in [1.54, 1.807) is 0 Å². The summed E-state index contributed by atoms with van der Waals surface area (Å²) >= 11 is 0. The summed E-state index contributed by atoms with van der Waals surface area (Å²) in [5.74, 6) is -0.466. The van der Waals surface area contributed by atoms with Gasteiger partial charge in [0.2, 0.25) is 0 Å². The van der Waals surface area contributed by atoms with E-state index in [1.807, 2.05) is 0 Å². The fraction of sp³-hybridized carbons (Fsp3) is 0.983. The number of unbranched alkanes of at least 4 members (excludes halogenated alkanes) is 43. The van der Waals surface area contributed by atoms with Crippen molar-refractivity contribution in [1.29, 1.82) is 0 Å². The molecule has 0 bridgehead atoms. The molecule has 0 spiro atoms. The van der Waals surface area contributed by atoms with E-state index in [4.69, 9.17) is 18.5 Å². The maximum Gasteiger partial charge on any atom is 0.472 e. The molecule has 0 aromatic heterocycles. The first-order chi connectivity index (χ1) is 35.0. The Labute approximate surface area is 442 Å². The number of aliphatic hydroxyl groups is 5. The third kappa shape index (κ3) is 40.6. The van der Waals surface area contributed by atoms with E-state index in [0.717, 1.165) is 38.5 Å². The second-order valence-electron chi connectivity index (χ2n) is 21.9. The van der Waals surface area contributed by atoms with E-state index in [0.29, 0.717) is 13.0 Å². The van der Waals surface area contributed by atoms with Gasteiger partial charge >= 0.3 is 13.8 Å². The molecular formula is C59H117O12P. The Morgan fingerprint density at radius 1 is 0.389 bits per heavy atom. The average molecular weight is 1050 g/mol. The number of rotatable bonds is 55. The smallest absolute Gasteiger partial charge is 0.457 e. The molecule has 0 heterocycles. The molecule has 0 radical (unpaired) electrons. The first kappa shape index (κ1) is 69.4. The number of hydrogen-bond acceptors (Lipinski definition) is 11. The molecule has 1 rings (SSSR count). The molecule has 13 heteroatoms. The third-order valence-electron chi connectivity index (χ3n) is 15.0. The molecule has 6 N–H and O–H groups in total. The standard InChI is InChI=1S/C59H117O12P/c1-3-5-7-9-11-13-15-17-19-21-23-25-27-28-30-32-34-36-38-40-42-44-46-48-53(60)70-52(51-69-72(66,67)71-59-57(64)55(62)54(61)56(63)58(59)65)50-68-49-47-45-43-41-39-37-35-33-31-29-26-24-22-20-18-16-14-12-10-8-6-4-2/h52,54-59,61-65H,3-51H2,1-2H3,(H,66,67). The Bertz CT molecular complexity index is 1200. The number of carbonyl (C=O) groups excluding carboxylic acids is 1. The van der Waals surface area contributed by atoms with Crippen molar-refractivity contribution in [3.63, 3.8) is 0 Å². The van der Waals surface area contributed by atoms with Crippen LogP contribution in [0.1, 0.15) is 309 Å². The summed E-state index contributed by atoms with van der Waals surface area (Å²) in [6.45, 7) is 4.35. The molecule has 430 valence electrons. The first-order valence-corrected chi connectivity index (χ1v) is 32.4. The van der Waals surface area contributed by atoms with Crippen molar-refractivity contribution in [2.75, 3.05) is 19.8 Å². The summed E-state index contributed by atoms with van der Waals surface area (Å²) in [6.07, 6.45) is 46.1. The van der Waals surface area contributed by atoms with E-state index >= 15 is 0 Å². The Morgan fingerprint density at radius 3 is 0.958 bits per heavy atom. The van der Waals surface area contributed by atoms with Crippen LogP contribution in [-0.4, -0.2) is 98.9 Å². The van der Waals surface area contributed by atoms with Crippen LogP contribution in [0, 0.1) is 0 Å². The number of ether oxygens (including phenoxy) is 2. The average Bonchev–Trinajstić information content (AvgIpc) is 3.37. The van der Waals surface area contributed by atoms with Crippen molar-refractivity contribution in [1.82, 2.24) is 0 Å². The molecule has 0 aromatic carbocycles. The molecule has 0 saturated heterocycles. The number of aliphatic hydroxyl groups excluding tert-OH is 5. The molecule has 1 fully saturated rings. The second-order valence-corrected chi connectivity index (χ2v) is 23.3. The molecule has 0 aromatic rings. The Hall–Kier alpha value is -0.660. The zero-order chi connectivity index (χ0) is 52.6. The summed E-state index contributed by atoms with van der Waals surface area (Å²) in [7, 11) is -5.02. The largest absolute Gasteiger partial charge is 0.472 e. The van der Waals surface area contributed by atoms with E-state index in [9.17, 15) is 39.8 Å². The van der Waals surface area contributed by atoms with Crippen molar-refractivity contribution in [3.05, 3.63) is 0 Å². The Balaban J connectivity index is 2.23. The number of esters is 1. The summed E-state index contributed by atoms with van der Waals surface area (Å²) in [5.41, 5.74) is 0. The van der Waals surface area contributed by atoms with Crippen molar-refractivity contribution in [2.45, 2.75) is 352 Å². The molecular weight excluding hydrogens is 932 g/mol. The second kappa shape index (κ2) is 49.9. The molecule has 1 aliphatic rings. The number of phosphoric ester groups is 1. The minimum absolute atomic E-state index is 0.0668. The molecule has 1 aliphatic carbocycles. The van der Waals surface area contributed by atoms with Crippen LogP contribution in [-0.2, 0) is 27.9 Å². The number of phosphoric acid groups is 1. The van der Waals surface area contributed by atoms with E-state index in [2.05, 4.69) is 13.8 Å². The predicted octanol–water partition coefficient (Wildman–Crippen LogP) is 15.2. The lowest BCUT2D eigenvalue weighted by Crippen LogP contribution is -2.64. The van der Waals surface area contributed by atoms with Crippen molar-refractivity contribution in [2.24, 2.45) is 0 Å². The van der Waals surface area contributed by atoms with Crippen LogP contribution in [0.4, 0.5) is 0 Å². The normalized spacial score (nSPS) is 20.5. The summed E-state index contributed by atoms with van der Waals surface area (Å²) in [6, 6.07) is 0. The zero-order valence-corrected chi connectivity index (χ0v) is 47.7. The van der Waals surface area contributed by atoms with Crippen molar-refractivity contribution >= 4 is 13.8 Å². The molecule has 6 unspecified atom stereocenters. The maximum atomic E-state index is 12.9. The van der Waals surface area contributed by atoms with Crippen LogP contribution in [0.15, 0.2) is 0 Å². The van der Waals surface area contributed by atoms with Gasteiger partial charge in [0.15, 0.2) is 0 Å². The minimum atomic E-state index is -5.02. The van der Waals surface area contributed by atoms with Gasteiger partial charge in [-0.1, -0.05) is 290 Å². The lowest BCUT2D eigenvalue weighted by atomic mass is 9.85. The van der Waals surface area contributed by atoms with Gasteiger partial charge < -0.3 is 39.9 Å². The van der Waals surface area contributed by atoms with E-state index in [-0.39, 0.29) is 13.0 Å². The maximum absolute atomic E-state index is 12.9. The number of carbonyl (C=O) groups is 1. The van der Waals surface area contributed by atoms with Gasteiger partial charge in [-0.15, -0.1) is 0 Å². The van der Waals surface area contributed by atoms with Gasteiger partial charge in [-0.3, -0.25) is 13.8 Å². The van der Waals surface area contributed by atoms with Gasteiger partial charge in [-0.2, -0.15) is 0 Å². The summed E-state index contributed by atoms with van der Waals surface area (Å²) < 4.78 is 34.5. The van der Waals surface area contributed by atoms with E-state index in [1.165, 1.54) is 244 Å². The molecule has 12 nitrogen and oxygen atoms in total. The van der Waals surface area contributed by atoms with Crippen molar-refractivity contribution < 1.29 is 58.3 Å². The minimum Gasteiger partial charge on any atom is -0.457 e. The molecule has 72 heavy (non-hydrogen) atoms. The summed E-state index contributed by atoms with van der Waals surface area (Å²) in [5, 5.41) is 50.5. The van der Waals surface area contributed by atoms with E-state index < -0.39 is 63.1 Å². The van der Waals surface area contributed by atoms with Crippen LogP contribution >= 0.6 is 7.82 Å². The highest BCUT2D eigenvalue weighted by atomic mass is 31.2. The van der Waals surface area contributed by atoms with Gasteiger partial charge in [0.1, 0.15) is 42.7 Å². The zero-order valence-electron chi connectivity index (χ0n) is 46.8. The lowest BCUT2D eigenvalue weighted by Gasteiger charge is -2.41. The van der Waals surface area contributed by atoms with Crippen molar-refractivity contribution in [3.8, 4) is 0 Å². The highest BCUT2D eigenvalue weighted by Gasteiger charge is 2.51. The highest BCUT2D eigenvalue weighted by Crippen LogP contribution is 2.47. The SMILES string of the molecule is CCCCCCCCCCCCCCCCCCCCCCCCCC(=O)OC(COCCCCCCCCCCCCCCCCCCCCCCCC)COP(=O)(O)OC1C(O)C(O)C(O)C(O)C1O. The topological polar surface area (TPSA) is 192 Å². The van der Waals surface area contributed by atoms with Crippen LogP contribution in [0.25, 0.3) is 0 Å². The molecule has 1 saturated carbocycles. The third-order valence-corrected chi connectivity index (χ3v) is 16.0. The molecule has 0 amide bonds. The fourth-order valence-corrected chi connectivity index (χ4v) is 11.1. The van der Waals surface area contributed by atoms with Crippen LogP contribution in [0.2, 0.25) is 0 Å². The quantitative estimate of drug-likeness (QED) is 0.0192. The highest BCUT2D eigenvalue weighted by molar-refractivity contribution is 7.47. The molecule has 6 atom stereocenters. The van der Waals surface area contributed by atoms with Gasteiger partial charge in [-0.05, 0) is 12.8 Å². The summed E-state index contributed by atoms with van der Waals surface area (Å²) in [4.78, 5) is 23.4. The Kier molecular flexibility index (Phi) is 48.0. The monoisotopic (exact) mass is 1050 g/mol. The first-order valence-electron chi connectivity index (χ1n) is 30.9. The van der Waals surface area contributed by atoms with Gasteiger partial charge in [0, 0.05) is 13.0 Å². The fourth-order valence-electron chi connectivity index (χ4n) is 10.1. The van der Waals surface area contributed by atoms with Gasteiger partial charge in [0.25, 0.3) is 0 Å². The predicted molar refractivity (Wildman–Crippen MR) is 295 cm³/mol.